The molecule has 1 aliphatic heterocycles. The number of nitrogens with zero attached hydrogens (tertiary/aromatic N) is 1. The standard InChI is InChI=1S/C18H15NO4/c20-16-14-10-5-6-11(13-7-12(10)13)15(14)17(21)19(16)9-3-1-8(2-4-9)18(22)23/h1-6,10-15H,7H2,(H,22,23)/t10-,11-,12-,13-,14-,15+/m0/s1. The van der Waals surface area contributed by atoms with Crippen molar-refractivity contribution in [1.82, 2.24) is 0 Å². The van der Waals surface area contributed by atoms with E-state index in [-0.39, 0.29) is 41.0 Å². The lowest BCUT2D eigenvalue weighted by Crippen LogP contribution is -2.40. The van der Waals surface area contributed by atoms with Gasteiger partial charge in [-0.05, 0) is 54.4 Å². The van der Waals surface area contributed by atoms with Gasteiger partial charge in [0.15, 0.2) is 0 Å². The number of aromatic carboxylic acids is 1. The van der Waals surface area contributed by atoms with Crippen LogP contribution in [0.2, 0.25) is 0 Å². The maximum atomic E-state index is 12.9. The van der Waals surface area contributed by atoms with E-state index in [9.17, 15) is 14.4 Å². The second kappa shape index (κ2) is 4.10. The number of imide groups is 1. The lowest BCUT2D eigenvalue weighted by molar-refractivity contribution is -0.124. The molecule has 0 spiro atoms. The number of carboxylic acids is 1. The molecule has 1 heterocycles. The summed E-state index contributed by atoms with van der Waals surface area (Å²) in [5.41, 5.74) is 0.626. The van der Waals surface area contributed by atoms with Gasteiger partial charge in [0.25, 0.3) is 0 Å². The fraction of sp³-hybridized carbons (Fsp3) is 0.389. The van der Waals surface area contributed by atoms with E-state index in [1.165, 1.54) is 17.0 Å². The van der Waals surface area contributed by atoms with Gasteiger partial charge in [0.1, 0.15) is 0 Å². The summed E-state index contributed by atoms with van der Waals surface area (Å²) in [4.78, 5) is 38.0. The molecule has 6 rings (SSSR count). The smallest absolute Gasteiger partial charge is 0.335 e. The molecule has 116 valence electrons. The molecule has 23 heavy (non-hydrogen) atoms. The number of carboxylic acid groups (broad SMARTS) is 1. The number of anilines is 1. The monoisotopic (exact) mass is 309 g/mol. The van der Waals surface area contributed by atoms with Crippen LogP contribution >= 0.6 is 0 Å². The zero-order valence-corrected chi connectivity index (χ0v) is 12.3. The van der Waals surface area contributed by atoms with Crippen LogP contribution in [0.5, 0.6) is 0 Å². The Balaban J connectivity index is 1.53. The first-order chi connectivity index (χ1) is 11.1. The average molecular weight is 309 g/mol. The molecule has 0 radical (unpaired) electrons. The Morgan fingerprint density at radius 2 is 1.48 bits per heavy atom. The molecule has 5 nitrogen and oxygen atoms in total. The highest BCUT2D eigenvalue weighted by atomic mass is 16.4. The highest BCUT2D eigenvalue weighted by molar-refractivity contribution is 6.22. The van der Waals surface area contributed by atoms with Gasteiger partial charge in [-0.1, -0.05) is 12.2 Å². The van der Waals surface area contributed by atoms with Crippen LogP contribution in [0.3, 0.4) is 0 Å². The highest BCUT2D eigenvalue weighted by Gasteiger charge is 2.67. The van der Waals surface area contributed by atoms with E-state index >= 15 is 0 Å². The van der Waals surface area contributed by atoms with Gasteiger partial charge >= 0.3 is 5.97 Å². The van der Waals surface area contributed by atoms with E-state index in [1.54, 1.807) is 12.1 Å². The van der Waals surface area contributed by atoms with E-state index in [1.807, 2.05) is 0 Å². The predicted molar refractivity (Wildman–Crippen MR) is 80.6 cm³/mol. The number of carbonyl (C=O) groups excluding carboxylic acids is 2. The van der Waals surface area contributed by atoms with Crippen molar-refractivity contribution in [1.29, 1.82) is 0 Å². The van der Waals surface area contributed by atoms with Gasteiger partial charge in [0.05, 0.1) is 23.1 Å². The van der Waals surface area contributed by atoms with E-state index < -0.39 is 5.97 Å². The Hall–Kier alpha value is -2.43. The van der Waals surface area contributed by atoms with Crippen molar-refractivity contribution in [3.8, 4) is 0 Å². The van der Waals surface area contributed by atoms with Crippen LogP contribution in [0.1, 0.15) is 16.8 Å². The molecule has 0 aromatic heterocycles. The molecule has 2 saturated carbocycles. The zero-order chi connectivity index (χ0) is 15.9. The summed E-state index contributed by atoms with van der Waals surface area (Å²) in [7, 11) is 0. The third kappa shape index (κ3) is 1.54. The summed E-state index contributed by atoms with van der Waals surface area (Å²) in [5, 5.41) is 8.97. The second-order valence-electron chi connectivity index (χ2n) is 7.02. The number of hydrogen-bond acceptors (Lipinski definition) is 3. The van der Waals surface area contributed by atoms with E-state index in [4.69, 9.17) is 5.11 Å². The Bertz CT molecular complexity index is 745. The Morgan fingerprint density at radius 1 is 0.957 bits per heavy atom. The first-order valence-corrected chi connectivity index (χ1v) is 7.97. The van der Waals surface area contributed by atoms with Crippen LogP contribution in [-0.4, -0.2) is 22.9 Å². The Labute approximate surface area is 132 Å². The van der Waals surface area contributed by atoms with Crippen LogP contribution in [-0.2, 0) is 9.59 Å². The summed E-state index contributed by atoms with van der Waals surface area (Å²) in [6, 6.07) is 5.97. The molecule has 1 N–H and O–H groups in total. The van der Waals surface area contributed by atoms with Gasteiger partial charge in [-0.2, -0.15) is 0 Å². The molecule has 5 aliphatic rings. The predicted octanol–water partition coefficient (Wildman–Crippen LogP) is 1.94. The number of rotatable bonds is 2. The number of allylic oxidation sites excluding steroid dienone is 2. The maximum absolute atomic E-state index is 12.9. The molecular weight excluding hydrogens is 294 g/mol. The zero-order valence-electron chi connectivity index (χ0n) is 12.3. The van der Waals surface area contributed by atoms with Crippen LogP contribution in [0.15, 0.2) is 36.4 Å². The summed E-state index contributed by atoms with van der Waals surface area (Å²) in [6.07, 6.45) is 5.42. The molecule has 4 aliphatic carbocycles. The fourth-order valence-corrected chi connectivity index (χ4v) is 4.96. The van der Waals surface area contributed by atoms with Crippen molar-refractivity contribution in [2.45, 2.75) is 6.42 Å². The number of hydrogen-bond donors (Lipinski definition) is 1. The third-order valence-electron chi connectivity index (χ3n) is 6.04. The molecular formula is C18H15NO4. The first-order valence-electron chi connectivity index (χ1n) is 7.97. The molecule has 1 saturated heterocycles. The molecule has 2 bridgehead atoms. The highest BCUT2D eigenvalue weighted by Crippen LogP contribution is 2.65. The van der Waals surface area contributed by atoms with Gasteiger partial charge in [0, 0.05) is 0 Å². The van der Waals surface area contributed by atoms with Crippen molar-refractivity contribution in [2.24, 2.45) is 35.5 Å². The molecule has 0 unspecified atom stereocenters. The van der Waals surface area contributed by atoms with Crippen LogP contribution < -0.4 is 4.90 Å². The van der Waals surface area contributed by atoms with Gasteiger partial charge in [-0.25, -0.2) is 4.79 Å². The minimum atomic E-state index is -1.02. The van der Waals surface area contributed by atoms with Crippen molar-refractivity contribution in [3.05, 3.63) is 42.0 Å². The average Bonchev–Trinajstić information content (AvgIpc) is 3.32. The third-order valence-corrected chi connectivity index (χ3v) is 6.04. The lowest BCUT2D eigenvalue weighted by Gasteiger charge is -2.37. The summed E-state index contributed by atoms with van der Waals surface area (Å²) >= 11 is 0. The number of amides is 2. The van der Waals surface area contributed by atoms with Gasteiger partial charge < -0.3 is 5.11 Å². The second-order valence-corrected chi connectivity index (χ2v) is 7.02. The lowest BCUT2D eigenvalue weighted by atomic mass is 9.63. The van der Waals surface area contributed by atoms with Gasteiger partial charge in [-0.3, -0.25) is 14.5 Å². The topological polar surface area (TPSA) is 74.7 Å². The van der Waals surface area contributed by atoms with Crippen LogP contribution in [0.25, 0.3) is 0 Å². The summed E-state index contributed by atoms with van der Waals surface area (Å²) in [6.45, 7) is 0. The van der Waals surface area contributed by atoms with E-state index in [2.05, 4.69) is 12.2 Å². The summed E-state index contributed by atoms with van der Waals surface area (Å²) < 4.78 is 0. The molecule has 3 fully saturated rings. The normalized spacial score (nSPS) is 39.4. The quantitative estimate of drug-likeness (QED) is 0.669. The molecule has 6 atom stereocenters. The fourth-order valence-electron chi connectivity index (χ4n) is 4.96. The minimum absolute atomic E-state index is 0.118. The Morgan fingerprint density at radius 3 is 1.96 bits per heavy atom. The van der Waals surface area contributed by atoms with E-state index in [0.29, 0.717) is 17.5 Å². The van der Waals surface area contributed by atoms with Gasteiger partial charge in [0.2, 0.25) is 11.8 Å². The van der Waals surface area contributed by atoms with Crippen molar-refractivity contribution < 1.29 is 19.5 Å². The van der Waals surface area contributed by atoms with Crippen molar-refractivity contribution in [2.75, 3.05) is 4.90 Å². The van der Waals surface area contributed by atoms with Crippen molar-refractivity contribution in [3.63, 3.8) is 0 Å². The molecule has 5 heteroatoms. The van der Waals surface area contributed by atoms with Crippen LogP contribution in [0.4, 0.5) is 5.69 Å². The largest absolute Gasteiger partial charge is 0.478 e. The van der Waals surface area contributed by atoms with Crippen LogP contribution in [0, 0.1) is 35.5 Å². The molecule has 2 amide bonds. The van der Waals surface area contributed by atoms with Crippen molar-refractivity contribution >= 4 is 23.5 Å². The maximum Gasteiger partial charge on any atom is 0.335 e. The number of carbonyl (C=O) groups is 3. The SMILES string of the molecule is O=C(O)c1ccc(N2C(=O)[C@@H]3[C@H]4C=C[C@@H]([C@@H]5C[C@@H]45)[C@@H]3C2=O)cc1. The minimum Gasteiger partial charge on any atom is -0.478 e. The number of benzene rings is 1. The van der Waals surface area contributed by atoms with E-state index in [0.717, 1.165) is 6.42 Å². The summed E-state index contributed by atoms with van der Waals surface area (Å²) in [5.74, 6) is -0.132. The Kier molecular flexibility index (Phi) is 2.33. The van der Waals surface area contributed by atoms with Gasteiger partial charge in [-0.15, -0.1) is 0 Å². The first kappa shape index (κ1) is 13.0. The molecule has 1 aromatic carbocycles. The molecule has 1 aromatic rings.